The van der Waals surface area contributed by atoms with Gasteiger partial charge in [-0.15, -0.1) is 0 Å². The zero-order valence-corrected chi connectivity index (χ0v) is 12.7. The Balaban J connectivity index is 1.85. The van der Waals surface area contributed by atoms with Gasteiger partial charge in [0.05, 0.1) is 18.1 Å². The van der Waals surface area contributed by atoms with Crippen molar-refractivity contribution in [1.82, 2.24) is 15.3 Å². The summed E-state index contributed by atoms with van der Waals surface area (Å²) in [6, 6.07) is 19.8. The Hall–Kier alpha value is -2.65. The van der Waals surface area contributed by atoms with E-state index < -0.39 is 0 Å². The summed E-state index contributed by atoms with van der Waals surface area (Å²) in [5.74, 6) is 0. The van der Waals surface area contributed by atoms with Crippen molar-refractivity contribution in [2.24, 2.45) is 0 Å². The van der Waals surface area contributed by atoms with E-state index in [1.165, 1.54) is 32.8 Å². The van der Waals surface area contributed by atoms with Gasteiger partial charge in [-0.1, -0.05) is 48.5 Å². The fourth-order valence-corrected chi connectivity index (χ4v) is 3.80. The van der Waals surface area contributed by atoms with E-state index in [0.717, 1.165) is 18.7 Å². The molecule has 3 aromatic carbocycles. The zero-order valence-electron chi connectivity index (χ0n) is 12.7. The number of nitrogens with one attached hydrogen (secondary N) is 2. The third-order valence-electron chi connectivity index (χ3n) is 4.86. The van der Waals surface area contributed by atoms with Crippen LogP contribution in [0, 0.1) is 0 Å². The van der Waals surface area contributed by atoms with Gasteiger partial charge in [0, 0.05) is 18.7 Å². The molecule has 112 valence electrons. The van der Waals surface area contributed by atoms with Gasteiger partial charge in [0.1, 0.15) is 0 Å². The summed E-state index contributed by atoms with van der Waals surface area (Å²) in [7, 11) is 0. The second-order valence-electron chi connectivity index (χ2n) is 6.14. The van der Waals surface area contributed by atoms with Crippen molar-refractivity contribution in [3.05, 3.63) is 77.9 Å². The monoisotopic (exact) mass is 299 g/mol. The first-order valence-electron chi connectivity index (χ1n) is 8.08. The van der Waals surface area contributed by atoms with E-state index >= 15 is 0 Å². The third kappa shape index (κ3) is 1.90. The van der Waals surface area contributed by atoms with E-state index in [9.17, 15) is 0 Å². The molecule has 2 N–H and O–H groups in total. The van der Waals surface area contributed by atoms with Crippen molar-refractivity contribution < 1.29 is 0 Å². The molecule has 0 radical (unpaired) electrons. The molecule has 0 saturated heterocycles. The molecule has 1 aliphatic rings. The molecule has 5 rings (SSSR count). The molecule has 0 spiro atoms. The number of aromatic nitrogens is 2. The fourth-order valence-electron chi connectivity index (χ4n) is 3.80. The molecule has 4 aromatic rings. The first-order chi connectivity index (χ1) is 11.4. The van der Waals surface area contributed by atoms with E-state index in [1.54, 1.807) is 0 Å². The smallest absolute Gasteiger partial charge is 0.0926 e. The second kappa shape index (κ2) is 4.93. The molecule has 1 atom stereocenters. The Kier molecular flexibility index (Phi) is 2.76. The van der Waals surface area contributed by atoms with Gasteiger partial charge in [-0.25, -0.2) is 4.98 Å². The normalized spacial score (nSPS) is 17.5. The van der Waals surface area contributed by atoms with Crippen molar-refractivity contribution in [3.63, 3.8) is 0 Å². The number of nitrogens with zero attached hydrogens (tertiary/aromatic N) is 1. The van der Waals surface area contributed by atoms with Crippen molar-refractivity contribution in [2.75, 3.05) is 6.54 Å². The molecular weight excluding hydrogens is 282 g/mol. The average Bonchev–Trinajstić information content (AvgIpc) is 3.10. The number of fused-ring (bicyclic) bond motifs is 4. The van der Waals surface area contributed by atoms with Crippen molar-refractivity contribution in [1.29, 1.82) is 0 Å². The van der Waals surface area contributed by atoms with Crippen LogP contribution in [-0.4, -0.2) is 16.5 Å². The average molecular weight is 299 g/mol. The van der Waals surface area contributed by atoms with Gasteiger partial charge >= 0.3 is 0 Å². The van der Waals surface area contributed by atoms with Crippen LogP contribution < -0.4 is 5.32 Å². The van der Waals surface area contributed by atoms with Crippen LogP contribution >= 0.6 is 0 Å². The SMILES string of the molecule is c1ccc2c(c1)cc(C1NCCc3[nH]cnc31)c1ccccc12. The number of imidazole rings is 1. The molecular formula is C20H17N3. The zero-order chi connectivity index (χ0) is 15.2. The number of hydrogen-bond donors (Lipinski definition) is 2. The van der Waals surface area contributed by atoms with Crippen LogP contribution in [0.5, 0.6) is 0 Å². The molecule has 0 fully saturated rings. The summed E-state index contributed by atoms with van der Waals surface area (Å²) in [5, 5.41) is 8.86. The van der Waals surface area contributed by atoms with Gasteiger partial charge in [0.15, 0.2) is 0 Å². The number of H-pyrrole nitrogens is 1. The number of aromatic amines is 1. The molecule has 0 aliphatic carbocycles. The Morgan fingerprint density at radius 3 is 2.61 bits per heavy atom. The van der Waals surface area contributed by atoms with E-state index in [0.29, 0.717) is 0 Å². The van der Waals surface area contributed by atoms with Gasteiger partial charge in [0.25, 0.3) is 0 Å². The predicted octanol–water partition coefficient (Wildman–Crippen LogP) is 3.95. The van der Waals surface area contributed by atoms with Crippen molar-refractivity contribution in [2.45, 2.75) is 12.5 Å². The minimum absolute atomic E-state index is 0.152. The van der Waals surface area contributed by atoms with E-state index in [1.807, 2.05) is 6.33 Å². The van der Waals surface area contributed by atoms with Crippen LogP contribution in [0.15, 0.2) is 60.9 Å². The van der Waals surface area contributed by atoms with Gasteiger partial charge in [0.2, 0.25) is 0 Å². The Morgan fingerprint density at radius 2 is 1.70 bits per heavy atom. The maximum Gasteiger partial charge on any atom is 0.0926 e. The lowest BCUT2D eigenvalue weighted by Crippen LogP contribution is -2.30. The minimum atomic E-state index is 0.152. The van der Waals surface area contributed by atoms with Gasteiger partial charge in [-0.3, -0.25) is 0 Å². The second-order valence-corrected chi connectivity index (χ2v) is 6.14. The van der Waals surface area contributed by atoms with Crippen LogP contribution in [-0.2, 0) is 6.42 Å². The molecule has 3 nitrogen and oxygen atoms in total. The van der Waals surface area contributed by atoms with Crippen LogP contribution in [0.25, 0.3) is 21.5 Å². The molecule has 0 saturated carbocycles. The van der Waals surface area contributed by atoms with Crippen LogP contribution in [0.4, 0.5) is 0 Å². The maximum absolute atomic E-state index is 4.58. The molecule has 23 heavy (non-hydrogen) atoms. The van der Waals surface area contributed by atoms with Gasteiger partial charge in [-0.05, 0) is 33.2 Å². The lowest BCUT2D eigenvalue weighted by molar-refractivity contribution is 0.556. The number of hydrogen-bond acceptors (Lipinski definition) is 2. The van der Waals surface area contributed by atoms with Crippen molar-refractivity contribution in [3.8, 4) is 0 Å². The highest BCUT2D eigenvalue weighted by atomic mass is 15.0. The maximum atomic E-state index is 4.58. The van der Waals surface area contributed by atoms with E-state index in [-0.39, 0.29) is 6.04 Å². The predicted molar refractivity (Wildman–Crippen MR) is 93.6 cm³/mol. The van der Waals surface area contributed by atoms with Gasteiger partial charge in [-0.2, -0.15) is 0 Å². The number of benzene rings is 3. The van der Waals surface area contributed by atoms with Crippen LogP contribution in [0.3, 0.4) is 0 Å². The molecule has 0 bridgehead atoms. The molecule has 1 unspecified atom stereocenters. The summed E-state index contributed by atoms with van der Waals surface area (Å²) in [6.07, 6.45) is 2.82. The first kappa shape index (κ1) is 12.9. The number of rotatable bonds is 1. The van der Waals surface area contributed by atoms with E-state index in [2.05, 4.69) is 69.9 Å². The van der Waals surface area contributed by atoms with Crippen LogP contribution in [0.2, 0.25) is 0 Å². The summed E-state index contributed by atoms with van der Waals surface area (Å²) >= 11 is 0. The van der Waals surface area contributed by atoms with E-state index in [4.69, 9.17) is 0 Å². The summed E-state index contributed by atoms with van der Waals surface area (Å²) in [4.78, 5) is 7.87. The Labute approximate surface area is 134 Å². The molecule has 1 aromatic heterocycles. The summed E-state index contributed by atoms with van der Waals surface area (Å²) in [5.41, 5.74) is 3.70. The minimum Gasteiger partial charge on any atom is -0.348 e. The quantitative estimate of drug-likeness (QED) is 0.522. The molecule has 3 heteroatoms. The highest BCUT2D eigenvalue weighted by molar-refractivity contribution is 6.09. The lowest BCUT2D eigenvalue weighted by Gasteiger charge is -2.25. The Bertz CT molecular complexity index is 1020. The molecule has 2 heterocycles. The Morgan fingerprint density at radius 1 is 0.913 bits per heavy atom. The van der Waals surface area contributed by atoms with Gasteiger partial charge < -0.3 is 10.3 Å². The highest BCUT2D eigenvalue weighted by Crippen LogP contribution is 2.35. The molecule has 1 aliphatic heterocycles. The summed E-state index contributed by atoms with van der Waals surface area (Å²) < 4.78 is 0. The molecule has 0 amide bonds. The third-order valence-corrected chi connectivity index (χ3v) is 4.86. The standard InChI is InChI=1S/C20H17N3/c1-2-6-14-13(5-1)11-17(16-8-4-3-7-15(14)16)19-20-18(9-10-21-19)22-12-23-20/h1-8,11-12,19,21H,9-10H2,(H,22,23). The van der Waals surface area contributed by atoms with Crippen molar-refractivity contribution >= 4 is 21.5 Å². The highest BCUT2D eigenvalue weighted by Gasteiger charge is 2.25. The lowest BCUT2D eigenvalue weighted by atomic mass is 9.90. The topological polar surface area (TPSA) is 40.7 Å². The fraction of sp³-hybridized carbons (Fsp3) is 0.150. The summed E-state index contributed by atoms with van der Waals surface area (Å²) in [6.45, 7) is 0.973. The largest absolute Gasteiger partial charge is 0.348 e. The van der Waals surface area contributed by atoms with Crippen LogP contribution in [0.1, 0.15) is 23.0 Å². The first-order valence-corrected chi connectivity index (χ1v) is 8.08.